The van der Waals surface area contributed by atoms with Gasteiger partial charge in [-0.25, -0.2) is 4.79 Å². The van der Waals surface area contributed by atoms with Crippen LogP contribution in [0.4, 0.5) is 4.79 Å². The van der Waals surface area contributed by atoms with Gasteiger partial charge in [0.1, 0.15) is 22.8 Å². The highest BCUT2D eigenvalue weighted by Crippen LogP contribution is 2.51. The fourth-order valence-electron chi connectivity index (χ4n) is 1.02. The SMILES string of the molecule is CN(C)C(=O)ON=C1SC(=C(C#N)C#N)SC1(C)C. The van der Waals surface area contributed by atoms with E-state index < -0.39 is 10.8 Å². The molecular formula is C11H12N4O2S2. The van der Waals surface area contributed by atoms with Crippen LogP contribution in [0.25, 0.3) is 0 Å². The van der Waals surface area contributed by atoms with Crippen molar-refractivity contribution in [3.8, 4) is 12.1 Å². The topological polar surface area (TPSA) is 89.5 Å². The van der Waals surface area contributed by atoms with Crippen molar-refractivity contribution in [1.82, 2.24) is 4.90 Å². The molecule has 0 aromatic carbocycles. The van der Waals surface area contributed by atoms with Crippen molar-refractivity contribution in [1.29, 1.82) is 10.5 Å². The first kappa shape index (κ1) is 15.4. The quantitative estimate of drug-likeness (QED) is 0.419. The highest BCUT2D eigenvalue weighted by Gasteiger charge is 2.38. The first-order valence-electron chi connectivity index (χ1n) is 5.20. The molecule has 1 aliphatic heterocycles. The molecule has 0 aliphatic carbocycles. The number of allylic oxidation sites excluding steroid dienone is 1. The molecule has 1 heterocycles. The number of amides is 1. The van der Waals surface area contributed by atoms with Crippen LogP contribution < -0.4 is 0 Å². The van der Waals surface area contributed by atoms with Gasteiger partial charge in [0.25, 0.3) is 0 Å². The van der Waals surface area contributed by atoms with Crippen LogP contribution in [0.1, 0.15) is 13.8 Å². The maximum absolute atomic E-state index is 11.3. The Hall–Kier alpha value is -1.64. The predicted molar refractivity (Wildman–Crippen MR) is 75.1 cm³/mol. The van der Waals surface area contributed by atoms with Crippen molar-refractivity contribution >= 4 is 34.7 Å². The summed E-state index contributed by atoms with van der Waals surface area (Å²) in [6.45, 7) is 3.76. The number of carbonyl (C=O) groups excluding carboxylic acids is 1. The number of nitriles is 2. The van der Waals surface area contributed by atoms with E-state index in [1.807, 2.05) is 26.0 Å². The molecule has 1 amide bonds. The van der Waals surface area contributed by atoms with Crippen LogP contribution in [0, 0.1) is 22.7 Å². The van der Waals surface area contributed by atoms with Gasteiger partial charge in [-0.1, -0.05) is 16.9 Å². The molecule has 0 N–H and O–H groups in total. The number of hydrogen-bond acceptors (Lipinski definition) is 7. The number of carbonyl (C=O) groups is 1. The fraction of sp³-hybridized carbons (Fsp3) is 0.455. The van der Waals surface area contributed by atoms with E-state index in [-0.39, 0.29) is 5.57 Å². The molecule has 8 heteroatoms. The minimum Gasteiger partial charge on any atom is -0.312 e. The summed E-state index contributed by atoms with van der Waals surface area (Å²) < 4.78 is 0.139. The van der Waals surface area contributed by atoms with Crippen LogP contribution in [-0.4, -0.2) is 34.9 Å². The molecule has 19 heavy (non-hydrogen) atoms. The standard InChI is InChI=1S/C11H12N4O2S2/c1-11(2)9(14-17-10(16)15(3)4)18-8(19-11)7(5-12)6-13/h1-4H3. The maximum atomic E-state index is 11.3. The Kier molecular flexibility index (Phi) is 4.87. The highest BCUT2D eigenvalue weighted by atomic mass is 32.2. The van der Waals surface area contributed by atoms with Crippen LogP contribution >= 0.6 is 23.5 Å². The summed E-state index contributed by atoms with van der Waals surface area (Å²) in [6.07, 6.45) is -0.577. The van der Waals surface area contributed by atoms with E-state index in [0.717, 1.165) is 0 Å². The minimum absolute atomic E-state index is 0.0483. The number of hydrogen-bond donors (Lipinski definition) is 0. The molecule has 1 rings (SSSR count). The van der Waals surface area contributed by atoms with Crippen LogP contribution in [0.15, 0.2) is 15.0 Å². The van der Waals surface area contributed by atoms with Gasteiger partial charge in [0.2, 0.25) is 0 Å². The van der Waals surface area contributed by atoms with Crippen LogP contribution in [0.5, 0.6) is 0 Å². The zero-order valence-electron chi connectivity index (χ0n) is 10.9. The van der Waals surface area contributed by atoms with E-state index >= 15 is 0 Å². The molecular weight excluding hydrogens is 284 g/mol. The molecule has 0 radical (unpaired) electrons. The summed E-state index contributed by atoms with van der Waals surface area (Å²) >= 11 is 2.54. The van der Waals surface area contributed by atoms with Crippen molar-refractivity contribution in [2.24, 2.45) is 5.16 Å². The van der Waals surface area contributed by atoms with Crippen molar-refractivity contribution in [3.05, 3.63) is 9.81 Å². The summed E-state index contributed by atoms with van der Waals surface area (Å²) in [6, 6.07) is 3.68. The Balaban J connectivity index is 2.97. The Morgan fingerprint density at radius 3 is 2.42 bits per heavy atom. The predicted octanol–water partition coefficient (Wildman–Crippen LogP) is 2.52. The average Bonchev–Trinajstić information content (AvgIpc) is 2.63. The molecule has 0 spiro atoms. The van der Waals surface area contributed by atoms with E-state index in [1.54, 1.807) is 14.1 Å². The second-order valence-corrected chi connectivity index (χ2v) is 7.14. The van der Waals surface area contributed by atoms with Crippen LogP contribution in [0.3, 0.4) is 0 Å². The highest BCUT2D eigenvalue weighted by molar-refractivity contribution is 8.35. The largest absolute Gasteiger partial charge is 0.435 e. The molecule has 1 fully saturated rings. The summed E-state index contributed by atoms with van der Waals surface area (Å²) in [5, 5.41) is 22.0. The molecule has 0 saturated carbocycles. The molecule has 6 nitrogen and oxygen atoms in total. The second-order valence-electron chi connectivity index (χ2n) is 4.25. The van der Waals surface area contributed by atoms with E-state index in [2.05, 4.69) is 5.16 Å². The lowest BCUT2D eigenvalue weighted by molar-refractivity contribution is 0.122. The van der Waals surface area contributed by atoms with Crippen molar-refractivity contribution in [2.45, 2.75) is 18.6 Å². The zero-order chi connectivity index (χ0) is 14.6. The van der Waals surface area contributed by atoms with E-state index in [9.17, 15) is 4.79 Å². The minimum atomic E-state index is -0.577. The third-order valence-electron chi connectivity index (χ3n) is 2.05. The van der Waals surface area contributed by atoms with Gasteiger partial charge in [0, 0.05) is 14.1 Å². The fourth-order valence-corrected chi connectivity index (χ4v) is 3.77. The van der Waals surface area contributed by atoms with Gasteiger partial charge in [-0.2, -0.15) is 10.5 Å². The van der Waals surface area contributed by atoms with Gasteiger partial charge in [-0.05, 0) is 13.8 Å². The third-order valence-corrected chi connectivity index (χ3v) is 4.94. The maximum Gasteiger partial charge on any atom is 0.435 e. The van der Waals surface area contributed by atoms with Gasteiger partial charge in [-0.3, -0.25) is 4.84 Å². The molecule has 0 bridgehead atoms. The molecule has 0 unspecified atom stereocenters. The van der Waals surface area contributed by atoms with E-state index in [1.165, 1.54) is 28.4 Å². The zero-order valence-corrected chi connectivity index (χ0v) is 12.6. The lowest BCUT2D eigenvalue weighted by Gasteiger charge is -2.14. The Bertz CT molecular complexity index is 522. The molecule has 0 aromatic rings. The van der Waals surface area contributed by atoms with Crippen molar-refractivity contribution in [2.75, 3.05) is 14.1 Å². The van der Waals surface area contributed by atoms with E-state index in [0.29, 0.717) is 9.28 Å². The van der Waals surface area contributed by atoms with Gasteiger partial charge in [-0.15, -0.1) is 11.8 Å². The molecule has 100 valence electrons. The number of thioether (sulfide) groups is 2. The molecule has 1 aliphatic rings. The Labute approximate surface area is 120 Å². The summed E-state index contributed by atoms with van der Waals surface area (Å²) in [4.78, 5) is 17.3. The smallest absolute Gasteiger partial charge is 0.312 e. The molecule has 0 aromatic heterocycles. The average molecular weight is 296 g/mol. The molecule has 1 saturated heterocycles. The number of oxime groups is 1. The summed E-state index contributed by atoms with van der Waals surface area (Å²) in [7, 11) is 3.11. The van der Waals surface area contributed by atoms with Crippen molar-refractivity contribution in [3.63, 3.8) is 0 Å². The van der Waals surface area contributed by atoms with Gasteiger partial charge < -0.3 is 4.90 Å². The lowest BCUT2D eigenvalue weighted by atomic mass is 10.2. The van der Waals surface area contributed by atoms with Gasteiger partial charge in [0.15, 0.2) is 0 Å². The number of nitrogens with zero attached hydrogens (tertiary/aromatic N) is 4. The van der Waals surface area contributed by atoms with Crippen LogP contribution in [0.2, 0.25) is 0 Å². The summed E-state index contributed by atoms with van der Waals surface area (Å²) in [5.74, 6) is 0. The monoisotopic (exact) mass is 296 g/mol. The van der Waals surface area contributed by atoms with Crippen molar-refractivity contribution < 1.29 is 9.63 Å². The van der Waals surface area contributed by atoms with Gasteiger partial charge in [0.05, 0.1) is 8.98 Å². The van der Waals surface area contributed by atoms with Crippen LogP contribution in [-0.2, 0) is 4.84 Å². The molecule has 0 atom stereocenters. The first-order valence-corrected chi connectivity index (χ1v) is 6.83. The Morgan fingerprint density at radius 2 is 1.95 bits per heavy atom. The third kappa shape index (κ3) is 3.66. The Morgan fingerprint density at radius 1 is 1.37 bits per heavy atom. The lowest BCUT2D eigenvalue weighted by Crippen LogP contribution is -2.24. The van der Waals surface area contributed by atoms with E-state index in [4.69, 9.17) is 15.4 Å². The first-order chi connectivity index (χ1) is 8.81. The summed E-state index contributed by atoms with van der Waals surface area (Å²) in [5.41, 5.74) is 0.0483. The van der Waals surface area contributed by atoms with Gasteiger partial charge >= 0.3 is 6.09 Å². The second kappa shape index (κ2) is 6.00. The number of rotatable bonds is 1. The normalized spacial score (nSPS) is 18.6.